The number of carboxylic acid groups (broad SMARTS) is 1. The molecule has 0 unspecified atom stereocenters. The molecule has 2 rings (SSSR count). The zero-order valence-electron chi connectivity index (χ0n) is 14.2. The Morgan fingerprint density at radius 3 is 2.27 bits per heavy atom. The van der Waals surface area contributed by atoms with Crippen LogP contribution in [0.2, 0.25) is 0 Å². The average molecular weight is 312 g/mol. The smallest absolute Gasteiger partial charge is 0.336 e. The van der Waals surface area contributed by atoms with Gasteiger partial charge in [-0.05, 0) is 30.6 Å². The van der Waals surface area contributed by atoms with Crippen LogP contribution in [0.5, 0.6) is 0 Å². The summed E-state index contributed by atoms with van der Waals surface area (Å²) in [6.45, 7) is 9.16. The summed E-state index contributed by atoms with van der Waals surface area (Å²) in [4.78, 5) is 23.4. The van der Waals surface area contributed by atoms with Crippen molar-refractivity contribution in [3.05, 3.63) is 0 Å². The Kier molecular flexibility index (Phi) is 4.10. The third-order valence-corrected chi connectivity index (χ3v) is 6.23. The Balaban J connectivity index is 2.56. The van der Waals surface area contributed by atoms with Crippen molar-refractivity contribution in [2.24, 2.45) is 22.7 Å². The molecule has 0 heterocycles. The lowest BCUT2D eigenvalue weighted by Crippen LogP contribution is -2.69. The fraction of sp³-hybridized carbons (Fsp3) is 0.882. The lowest BCUT2D eigenvalue weighted by atomic mass is 9.44. The minimum absolute atomic E-state index is 0.171. The molecule has 0 radical (unpaired) electrons. The third kappa shape index (κ3) is 2.25. The highest BCUT2D eigenvalue weighted by atomic mass is 16.5. The molecule has 0 aliphatic heterocycles. The molecule has 0 aromatic heterocycles. The molecule has 126 valence electrons. The van der Waals surface area contributed by atoms with Gasteiger partial charge in [0.2, 0.25) is 0 Å². The van der Waals surface area contributed by atoms with Crippen LogP contribution in [0, 0.1) is 22.7 Å². The van der Waals surface area contributed by atoms with E-state index in [1.165, 1.54) is 6.92 Å². The van der Waals surface area contributed by atoms with Gasteiger partial charge in [0, 0.05) is 18.3 Å². The summed E-state index contributed by atoms with van der Waals surface area (Å²) < 4.78 is 5.56. The molecule has 0 aromatic rings. The molecule has 0 saturated heterocycles. The zero-order valence-corrected chi connectivity index (χ0v) is 14.2. The number of fused-ring (bicyclic) bond motifs is 1. The van der Waals surface area contributed by atoms with E-state index in [0.717, 1.165) is 12.8 Å². The van der Waals surface area contributed by atoms with E-state index in [-0.39, 0.29) is 23.4 Å². The predicted octanol–water partition coefficient (Wildman–Crippen LogP) is 2.61. The van der Waals surface area contributed by atoms with E-state index in [0.29, 0.717) is 12.8 Å². The van der Waals surface area contributed by atoms with Gasteiger partial charge in [-0.15, -0.1) is 0 Å². The summed E-state index contributed by atoms with van der Waals surface area (Å²) in [5.74, 6) is -2.15. The molecule has 0 bridgehead atoms. The standard InChI is InChI=1S/C17H28O5/c1-10-9-12(22-11(2)18)13-15(3,4)7-6-8-16(13,5)17(10,21)14(19)20/h10,12-13,21H,6-9H2,1-5H3,(H,19,20)/t10-,12+,13+,16-,17+/m0/s1. The van der Waals surface area contributed by atoms with Gasteiger partial charge in [0.05, 0.1) is 0 Å². The van der Waals surface area contributed by atoms with Crippen LogP contribution in [-0.4, -0.2) is 33.9 Å². The summed E-state index contributed by atoms with van der Waals surface area (Å²) in [5, 5.41) is 20.9. The second kappa shape index (κ2) is 5.22. The molecule has 22 heavy (non-hydrogen) atoms. The van der Waals surface area contributed by atoms with Crippen LogP contribution >= 0.6 is 0 Å². The van der Waals surface area contributed by atoms with Gasteiger partial charge in [-0.3, -0.25) is 4.79 Å². The van der Waals surface area contributed by atoms with Gasteiger partial charge < -0.3 is 14.9 Å². The highest BCUT2D eigenvalue weighted by molar-refractivity contribution is 5.79. The molecule has 2 aliphatic carbocycles. The van der Waals surface area contributed by atoms with Gasteiger partial charge >= 0.3 is 11.9 Å². The Bertz CT molecular complexity index is 485. The zero-order chi connectivity index (χ0) is 16.9. The van der Waals surface area contributed by atoms with Gasteiger partial charge in [-0.25, -0.2) is 4.79 Å². The molecule has 5 atom stereocenters. The summed E-state index contributed by atoms with van der Waals surface area (Å²) in [5.41, 5.74) is -2.78. The first-order valence-corrected chi connectivity index (χ1v) is 8.10. The molecule has 2 fully saturated rings. The number of ether oxygens (including phenoxy) is 1. The number of aliphatic hydroxyl groups is 1. The number of esters is 1. The molecular formula is C17H28O5. The van der Waals surface area contributed by atoms with Crippen LogP contribution in [0.4, 0.5) is 0 Å². The molecule has 0 amide bonds. The minimum atomic E-state index is -1.79. The highest BCUT2D eigenvalue weighted by Crippen LogP contribution is 2.63. The Morgan fingerprint density at radius 2 is 1.77 bits per heavy atom. The maximum atomic E-state index is 11.9. The number of hydrogen-bond acceptors (Lipinski definition) is 4. The van der Waals surface area contributed by atoms with E-state index >= 15 is 0 Å². The maximum absolute atomic E-state index is 11.9. The van der Waals surface area contributed by atoms with Crippen molar-refractivity contribution in [3.63, 3.8) is 0 Å². The van der Waals surface area contributed by atoms with Crippen LogP contribution in [0.15, 0.2) is 0 Å². The lowest BCUT2D eigenvalue weighted by Gasteiger charge is -2.62. The minimum Gasteiger partial charge on any atom is -0.479 e. The number of aliphatic carboxylic acids is 1. The van der Waals surface area contributed by atoms with Gasteiger partial charge in [-0.1, -0.05) is 34.1 Å². The Hall–Kier alpha value is -1.10. The number of carbonyl (C=O) groups is 2. The molecule has 2 aliphatic rings. The van der Waals surface area contributed by atoms with E-state index in [1.807, 2.05) is 6.92 Å². The number of hydrogen-bond donors (Lipinski definition) is 2. The highest BCUT2D eigenvalue weighted by Gasteiger charge is 2.68. The number of rotatable bonds is 2. The van der Waals surface area contributed by atoms with Gasteiger partial charge in [0.1, 0.15) is 6.10 Å². The van der Waals surface area contributed by atoms with Gasteiger partial charge in [-0.2, -0.15) is 0 Å². The first-order valence-electron chi connectivity index (χ1n) is 8.10. The van der Waals surface area contributed by atoms with Crippen molar-refractivity contribution >= 4 is 11.9 Å². The van der Waals surface area contributed by atoms with Crippen molar-refractivity contribution in [1.82, 2.24) is 0 Å². The van der Waals surface area contributed by atoms with E-state index in [1.54, 1.807) is 6.92 Å². The van der Waals surface area contributed by atoms with Crippen LogP contribution < -0.4 is 0 Å². The SMILES string of the molecule is CC(=O)O[C@@H]1C[C@H](C)[C@@](O)(C(=O)O)[C@@]2(C)CCCC(C)(C)[C@@H]12. The normalized spacial score (nSPS) is 44.0. The molecular weight excluding hydrogens is 284 g/mol. The van der Waals surface area contributed by atoms with E-state index in [9.17, 15) is 19.8 Å². The second-order valence-electron chi connectivity index (χ2n) is 8.09. The predicted molar refractivity (Wildman–Crippen MR) is 81.1 cm³/mol. The molecule has 2 saturated carbocycles. The largest absolute Gasteiger partial charge is 0.479 e. The summed E-state index contributed by atoms with van der Waals surface area (Å²) in [6.07, 6.45) is 2.48. The van der Waals surface area contributed by atoms with Crippen LogP contribution in [-0.2, 0) is 14.3 Å². The van der Waals surface area contributed by atoms with E-state index in [4.69, 9.17) is 4.74 Å². The maximum Gasteiger partial charge on any atom is 0.336 e. The number of carbonyl (C=O) groups excluding carboxylic acids is 1. The quantitative estimate of drug-likeness (QED) is 0.766. The monoisotopic (exact) mass is 312 g/mol. The van der Waals surface area contributed by atoms with Crippen molar-refractivity contribution in [2.75, 3.05) is 0 Å². The van der Waals surface area contributed by atoms with Crippen molar-refractivity contribution < 1.29 is 24.5 Å². The second-order valence-corrected chi connectivity index (χ2v) is 8.09. The fourth-order valence-electron chi connectivity index (χ4n) is 5.43. The van der Waals surface area contributed by atoms with Crippen molar-refractivity contribution in [3.8, 4) is 0 Å². The van der Waals surface area contributed by atoms with Gasteiger partial charge in [0.25, 0.3) is 0 Å². The number of carboxylic acids is 1. The summed E-state index contributed by atoms with van der Waals surface area (Å²) >= 11 is 0. The van der Waals surface area contributed by atoms with Gasteiger partial charge in [0.15, 0.2) is 5.60 Å². The molecule has 0 aromatic carbocycles. The summed E-state index contributed by atoms with van der Waals surface area (Å²) in [6, 6.07) is 0. The fourth-order valence-corrected chi connectivity index (χ4v) is 5.43. The molecule has 2 N–H and O–H groups in total. The molecule has 0 spiro atoms. The Labute approximate surface area is 132 Å². The summed E-state index contributed by atoms with van der Waals surface area (Å²) in [7, 11) is 0. The molecule has 5 heteroatoms. The van der Waals surface area contributed by atoms with Crippen LogP contribution in [0.3, 0.4) is 0 Å². The molecule has 5 nitrogen and oxygen atoms in total. The van der Waals surface area contributed by atoms with E-state index < -0.39 is 22.9 Å². The first kappa shape index (κ1) is 17.3. The first-order chi connectivity index (χ1) is 9.96. The van der Waals surface area contributed by atoms with Crippen molar-refractivity contribution in [2.45, 2.75) is 72.0 Å². The van der Waals surface area contributed by atoms with Crippen LogP contribution in [0.25, 0.3) is 0 Å². The van der Waals surface area contributed by atoms with Crippen LogP contribution in [0.1, 0.15) is 60.3 Å². The van der Waals surface area contributed by atoms with Crippen molar-refractivity contribution in [1.29, 1.82) is 0 Å². The topological polar surface area (TPSA) is 83.8 Å². The van der Waals surface area contributed by atoms with E-state index in [2.05, 4.69) is 13.8 Å². The third-order valence-electron chi connectivity index (χ3n) is 6.23. The Morgan fingerprint density at radius 1 is 1.18 bits per heavy atom. The average Bonchev–Trinajstić information content (AvgIpc) is 2.33. The lowest BCUT2D eigenvalue weighted by molar-refractivity contribution is -0.249.